The van der Waals surface area contributed by atoms with Gasteiger partial charge in [0.05, 0.1) is 6.54 Å². The van der Waals surface area contributed by atoms with Gasteiger partial charge in [-0.05, 0) is 37.2 Å². The van der Waals surface area contributed by atoms with Gasteiger partial charge in [0.15, 0.2) is 12.5 Å². The van der Waals surface area contributed by atoms with Crippen molar-refractivity contribution in [3.8, 4) is 11.4 Å². The molecule has 2 atom stereocenters. The summed E-state index contributed by atoms with van der Waals surface area (Å²) in [5.41, 5.74) is 1.04. The minimum Gasteiger partial charge on any atom is -0.387 e. The van der Waals surface area contributed by atoms with Crippen LogP contribution >= 0.6 is 28.1 Å². The first kappa shape index (κ1) is 15.9. The molecule has 1 saturated heterocycles. The number of hydrogen-bond donors (Lipinski definition) is 2. The number of likely N-dealkylation sites (tertiary alicyclic amines) is 1. The van der Waals surface area contributed by atoms with Crippen molar-refractivity contribution in [3.63, 3.8) is 0 Å². The molecule has 2 heterocycles. The number of nitrogens with one attached hydrogen (secondary N) is 1. The zero-order chi connectivity index (χ0) is 15.7. The molecule has 2 N–H and O–H groups in total. The quantitative estimate of drug-likeness (QED) is 0.787. The summed E-state index contributed by atoms with van der Waals surface area (Å²) in [5.74, 6) is 0.864. The highest BCUT2D eigenvalue weighted by atomic mass is 79.9. The maximum Gasteiger partial charge on any atom is 0.202 e. The molecule has 0 aliphatic carbocycles. The number of aromatic nitrogens is 3. The molecule has 7 heteroatoms. The van der Waals surface area contributed by atoms with Crippen molar-refractivity contribution in [2.75, 3.05) is 13.1 Å². The van der Waals surface area contributed by atoms with Gasteiger partial charge in [-0.3, -0.25) is 0 Å². The molecule has 1 unspecified atom stereocenters. The van der Waals surface area contributed by atoms with Crippen molar-refractivity contribution in [1.82, 2.24) is 14.3 Å². The van der Waals surface area contributed by atoms with Gasteiger partial charge in [0.1, 0.15) is 12.6 Å². The second kappa shape index (κ2) is 6.62. The van der Waals surface area contributed by atoms with Crippen LogP contribution in [0.2, 0.25) is 0 Å². The minimum atomic E-state index is -0.203. The molecule has 0 spiro atoms. The Kier molecular flexibility index (Phi) is 4.77. The van der Waals surface area contributed by atoms with Gasteiger partial charge >= 0.3 is 0 Å². The second-order valence-electron chi connectivity index (χ2n) is 5.83. The first-order chi connectivity index (χ1) is 10.5. The van der Waals surface area contributed by atoms with Crippen LogP contribution < -0.4 is 4.90 Å². The van der Waals surface area contributed by atoms with E-state index in [9.17, 15) is 5.11 Å². The van der Waals surface area contributed by atoms with Crippen LogP contribution in [0.3, 0.4) is 0 Å². The number of halogens is 1. The summed E-state index contributed by atoms with van der Waals surface area (Å²) >= 11 is 9.01. The summed E-state index contributed by atoms with van der Waals surface area (Å²) in [4.78, 5) is 1.33. The van der Waals surface area contributed by atoms with Crippen molar-refractivity contribution >= 4 is 28.1 Å². The number of piperidine rings is 1. The fourth-order valence-corrected chi connectivity index (χ4v) is 3.54. The largest absolute Gasteiger partial charge is 0.387 e. The van der Waals surface area contributed by atoms with E-state index in [-0.39, 0.29) is 6.10 Å². The van der Waals surface area contributed by atoms with Crippen LogP contribution in [0.5, 0.6) is 0 Å². The van der Waals surface area contributed by atoms with Crippen molar-refractivity contribution in [1.29, 1.82) is 0 Å². The van der Waals surface area contributed by atoms with Crippen molar-refractivity contribution < 1.29 is 10.0 Å². The van der Waals surface area contributed by atoms with E-state index in [0.29, 0.717) is 11.4 Å². The highest BCUT2D eigenvalue weighted by Gasteiger charge is 2.22. The number of nitrogens with zero attached hydrogens (tertiary/aromatic N) is 3. The SMILES string of the molecule is Cn1c(-c2cccc(Br)c2)nn(C[NH+]2CCC[C@@H](O)C2)c1=S. The molecule has 1 fully saturated rings. The van der Waals surface area contributed by atoms with E-state index in [1.807, 2.05) is 40.6 Å². The number of rotatable bonds is 3. The Morgan fingerprint density at radius 2 is 2.32 bits per heavy atom. The first-order valence-corrected chi connectivity index (χ1v) is 8.66. The van der Waals surface area contributed by atoms with Gasteiger partial charge in [-0.25, -0.2) is 0 Å². The average Bonchev–Trinajstić information content (AvgIpc) is 2.76. The molecular weight excluding hydrogens is 364 g/mol. The lowest BCUT2D eigenvalue weighted by Crippen LogP contribution is -3.13. The fraction of sp³-hybridized carbons (Fsp3) is 0.467. The van der Waals surface area contributed by atoms with Gasteiger partial charge in [0.2, 0.25) is 4.77 Å². The molecule has 1 aromatic heterocycles. The fourth-order valence-electron chi connectivity index (χ4n) is 2.95. The average molecular weight is 384 g/mol. The van der Waals surface area contributed by atoms with Gasteiger partial charge in [-0.1, -0.05) is 28.1 Å². The van der Waals surface area contributed by atoms with E-state index in [1.54, 1.807) is 0 Å². The minimum absolute atomic E-state index is 0.203. The van der Waals surface area contributed by atoms with Crippen LogP contribution in [0.25, 0.3) is 11.4 Å². The Balaban J connectivity index is 1.88. The zero-order valence-electron chi connectivity index (χ0n) is 12.5. The number of benzene rings is 1. The highest BCUT2D eigenvalue weighted by Crippen LogP contribution is 2.21. The lowest BCUT2D eigenvalue weighted by molar-refractivity contribution is -0.931. The number of aliphatic hydroxyl groups is 1. The first-order valence-electron chi connectivity index (χ1n) is 7.46. The van der Waals surface area contributed by atoms with Crippen molar-refractivity contribution in [3.05, 3.63) is 33.5 Å². The number of hydrogen-bond acceptors (Lipinski definition) is 3. The summed E-state index contributed by atoms with van der Waals surface area (Å²) < 4.78 is 5.55. The van der Waals surface area contributed by atoms with E-state index in [0.717, 1.165) is 41.8 Å². The van der Waals surface area contributed by atoms with Crippen LogP contribution in [-0.4, -0.2) is 38.6 Å². The van der Waals surface area contributed by atoms with E-state index in [4.69, 9.17) is 17.3 Å². The molecule has 0 radical (unpaired) electrons. The molecule has 0 bridgehead atoms. The number of quaternary nitrogens is 1. The Bertz CT molecular complexity index is 727. The Labute approximate surface area is 143 Å². The van der Waals surface area contributed by atoms with E-state index >= 15 is 0 Å². The molecule has 1 aliphatic rings. The summed E-state index contributed by atoms with van der Waals surface area (Å²) in [6.07, 6.45) is 1.75. The third-order valence-electron chi connectivity index (χ3n) is 4.09. The van der Waals surface area contributed by atoms with Gasteiger partial charge in [-0.2, -0.15) is 4.68 Å². The summed E-state index contributed by atoms with van der Waals surface area (Å²) in [6, 6.07) is 8.06. The summed E-state index contributed by atoms with van der Waals surface area (Å²) in [5, 5.41) is 14.5. The van der Waals surface area contributed by atoms with Gasteiger partial charge < -0.3 is 14.6 Å². The zero-order valence-corrected chi connectivity index (χ0v) is 14.9. The third kappa shape index (κ3) is 3.32. The molecule has 0 amide bonds. The van der Waals surface area contributed by atoms with Gasteiger partial charge in [0.25, 0.3) is 0 Å². The van der Waals surface area contributed by atoms with E-state index in [1.165, 1.54) is 4.90 Å². The van der Waals surface area contributed by atoms with Gasteiger partial charge in [0, 0.05) is 17.1 Å². The highest BCUT2D eigenvalue weighted by molar-refractivity contribution is 9.10. The normalized spacial score (nSPS) is 22.0. The molecule has 1 aromatic carbocycles. The van der Waals surface area contributed by atoms with Crippen LogP contribution in [0.15, 0.2) is 28.7 Å². The predicted octanol–water partition coefficient (Wildman–Crippen LogP) is 1.38. The predicted molar refractivity (Wildman–Crippen MR) is 91.1 cm³/mol. The van der Waals surface area contributed by atoms with Gasteiger partial charge in [-0.15, -0.1) is 5.10 Å². The van der Waals surface area contributed by atoms with Crippen LogP contribution in [-0.2, 0) is 13.7 Å². The molecule has 0 saturated carbocycles. The topological polar surface area (TPSA) is 47.4 Å². The van der Waals surface area contributed by atoms with Crippen molar-refractivity contribution in [2.45, 2.75) is 25.6 Å². The van der Waals surface area contributed by atoms with Crippen LogP contribution in [0.1, 0.15) is 12.8 Å². The standard InChI is InChI=1S/C15H19BrN4OS/c1-18-14(11-4-2-5-12(16)8-11)17-20(15(18)22)10-19-7-3-6-13(21)9-19/h2,4-5,8,13,21H,3,6-7,9-10H2,1H3/p+1/t13-/m1/s1. The molecule has 5 nitrogen and oxygen atoms in total. The Hall–Kier alpha value is -1.02. The van der Waals surface area contributed by atoms with E-state index in [2.05, 4.69) is 15.9 Å². The summed E-state index contributed by atoms with van der Waals surface area (Å²) in [6.45, 7) is 2.53. The molecular formula is C15H20BrN4OS+. The molecule has 1 aliphatic heterocycles. The monoisotopic (exact) mass is 383 g/mol. The Morgan fingerprint density at radius 3 is 3.05 bits per heavy atom. The van der Waals surface area contributed by atoms with Crippen molar-refractivity contribution in [2.24, 2.45) is 7.05 Å². The maximum atomic E-state index is 9.81. The lowest BCUT2D eigenvalue weighted by Gasteiger charge is -2.26. The lowest BCUT2D eigenvalue weighted by atomic mass is 10.1. The van der Waals surface area contributed by atoms with Crippen LogP contribution in [0, 0.1) is 4.77 Å². The maximum absolute atomic E-state index is 9.81. The third-order valence-corrected chi connectivity index (χ3v) is 5.07. The Morgan fingerprint density at radius 1 is 1.50 bits per heavy atom. The molecule has 3 rings (SSSR count). The summed E-state index contributed by atoms with van der Waals surface area (Å²) in [7, 11) is 1.95. The molecule has 2 aromatic rings. The smallest absolute Gasteiger partial charge is 0.202 e. The number of aliphatic hydroxyl groups excluding tert-OH is 1. The second-order valence-corrected chi connectivity index (χ2v) is 7.11. The molecule has 22 heavy (non-hydrogen) atoms. The molecule has 118 valence electrons. The van der Waals surface area contributed by atoms with Crippen LogP contribution in [0.4, 0.5) is 0 Å². The van der Waals surface area contributed by atoms with E-state index < -0.39 is 0 Å².